The van der Waals surface area contributed by atoms with Crippen LogP contribution in [0.3, 0.4) is 0 Å². The minimum absolute atomic E-state index is 0.136. The van der Waals surface area contributed by atoms with Crippen molar-refractivity contribution in [3.8, 4) is 0 Å². The van der Waals surface area contributed by atoms with Gasteiger partial charge in [-0.05, 0) is 25.5 Å². The first-order valence-corrected chi connectivity index (χ1v) is 6.23. The van der Waals surface area contributed by atoms with E-state index in [1.807, 2.05) is 24.0 Å². The molecule has 19 heavy (non-hydrogen) atoms. The third-order valence-corrected chi connectivity index (χ3v) is 3.69. The standard InChI is InChI=1S/C14H17NO4/c1-9-10(13(16)17)7-8-15(9)12-6-4-3-5-11(12)14(18)19-2/h3-6,9-10H,7-8H2,1-2H3,(H,16,17). The van der Waals surface area contributed by atoms with Crippen molar-refractivity contribution in [1.82, 2.24) is 0 Å². The summed E-state index contributed by atoms with van der Waals surface area (Å²) in [5, 5.41) is 9.15. The van der Waals surface area contributed by atoms with Crippen LogP contribution in [0.25, 0.3) is 0 Å². The second kappa shape index (κ2) is 5.30. The number of methoxy groups -OCH3 is 1. The average molecular weight is 263 g/mol. The Morgan fingerprint density at radius 3 is 2.63 bits per heavy atom. The molecule has 102 valence electrons. The fraction of sp³-hybridized carbons (Fsp3) is 0.429. The fourth-order valence-electron chi connectivity index (χ4n) is 2.62. The minimum atomic E-state index is -0.787. The van der Waals surface area contributed by atoms with Crippen LogP contribution in [-0.4, -0.2) is 36.7 Å². The predicted molar refractivity (Wildman–Crippen MR) is 70.3 cm³/mol. The van der Waals surface area contributed by atoms with E-state index in [1.165, 1.54) is 7.11 Å². The molecule has 1 aromatic carbocycles. The Morgan fingerprint density at radius 1 is 1.37 bits per heavy atom. The van der Waals surface area contributed by atoms with Crippen molar-refractivity contribution in [2.24, 2.45) is 5.92 Å². The third kappa shape index (κ3) is 2.41. The largest absolute Gasteiger partial charge is 0.481 e. The molecule has 5 heteroatoms. The van der Waals surface area contributed by atoms with Gasteiger partial charge in [-0.25, -0.2) is 4.79 Å². The summed E-state index contributed by atoms with van der Waals surface area (Å²) in [6.45, 7) is 2.51. The number of carboxylic acid groups (broad SMARTS) is 1. The topological polar surface area (TPSA) is 66.8 Å². The van der Waals surface area contributed by atoms with Crippen LogP contribution in [0.2, 0.25) is 0 Å². The maximum absolute atomic E-state index is 11.7. The van der Waals surface area contributed by atoms with Crippen LogP contribution < -0.4 is 4.90 Å². The van der Waals surface area contributed by atoms with Gasteiger partial charge in [0.2, 0.25) is 0 Å². The van der Waals surface area contributed by atoms with E-state index in [0.29, 0.717) is 18.5 Å². The van der Waals surface area contributed by atoms with Crippen molar-refractivity contribution in [3.63, 3.8) is 0 Å². The normalized spacial score (nSPS) is 22.3. The first-order chi connectivity index (χ1) is 9.06. The van der Waals surface area contributed by atoms with Gasteiger partial charge in [0.1, 0.15) is 0 Å². The van der Waals surface area contributed by atoms with E-state index >= 15 is 0 Å². The van der Waals surface area contributed by atoms with Gasteiger partial charge < -0.3 is 14.7 Å². The summed E-state index contributed by atoms with van der Waals surface area (Å²) in [6, 6.07) is 6.99. The highest BCUT2D eigenvalue weighted by Crippen LogP contribution is 2.32. The molecule has 2 unspecified atom stereocenters. The summed E-state index contributed by atoms with van der Waals surface area (Å²) in [5.74, 6) is -1.59. The molecule has 0 amide bonds. The van der Waals surface area contributed by atoms with Gasteiger partial charge >= 0.3 is 11.9 Å². The Hall–Kier alpha value is -2.04. The van der Waals surface area contributed by atoms with Gasteiger partial charge in [0.05, 0.1) is 24.3 Å². The van der Waals surface area contributed by atoms with Gasteiger partial charge in [0.15, 0.2) is 0 Å². The minimum Gasteiger partial charge on any atom is -0.481 e. The van der Waals surface area contributed by atoms with Crippen LogP contribution >= 0.6 is 0 Å². The smallest absolute Gasteiger partial charge is 0.339 e. The molecule has 1 heterocycles. The number of carbonyl (C=O) groups is 2. The number of nitrogens with zero attached hydrogens (tertiary/aromatic N) is 1. The SMILES string of the molecule is COC(=O)c1ccccc1N1CCC(C(=O)O)C1C. The Bertz CT molecular complexity index is 500. The summed E-state index contributed by atoms with van der Waals surface area (Å²) >= 11 is 0. The number of hydrogen-bond donors (Lipinski definition) is 1. The molecular formula is C14H17NO4. The number of esters is 1. The lowest BCUT2D eigenvalue weighted by Crippen LogP contribution is -2.33. The van der Waals surface area contributed by atoms with Crippen molar-refractivity contribution >= 4 is 17.6 Å². The van der Waals surface area contributed by atoms with Crippen LogP contribution in [0.5, 0.6) is 0 Å². The monoisotopic (exact) mass is 263 g/mol. The first-order valence-electron chi connectivity index (χ1n) is 6.23. The number of rotatable bonds is 3. The maximum atomic E-state index is 11.7. The highest BCUT2D eigenvalue weighted by atomic mass is 16.5. The zero-order valence-corrected chi connectivity index (χ0v) is 11.0. The highest BCUT2D eigenvalue weighted by molar-refractivity contribution is 5.96. The molecule has 5 nitrogen and oxygen atoms in total. The lowest BCUT2D eigenvalue weighted by molar-refractivity contribution is -0.141. The second-order valence-corrected chi connectivity index (χ2v) is 4.68. The summed E-state index contributed by atoms with van der Waals surface area (Å²) in [7, 11) is 1.34. The molecule has 2 atom stereocenters. The van der Waals surface area contributed by atoms with E-state index < -0.39 is 17.9 Å². The van der Waals surface area contributed by atoms with Gasteiger partial charge in [-0.2, -0.15) is 0 Å². The number of anilines is 1. The molecule has 1 saturated heterocycles. The number of hydrogen-bond acceptors (Lipinski definition) is 4. The molecule has 0 aromatic heterocycles. The summed E-state index contributed by atoms with van der Waals surface area (Å²) in [4.78, 5) is 24.9. The van der Waals surface area contributed by atoms with E-state index in [1.54, 1.807) is 12.1 Å². The van der Waals surface area contributed by atoms with Crippen molar-refractivity contribution in [1.29, 1.82) is 0 Å². The zero-order valence-electron chi connectivity index (χ0n) is 11.0. The number of aliphatic carboxylic acids is 1. The van der Waals surface area contributed by atoms with Crippen LogP contribution in [-0.2, 0) is 9.53 Å². The van der Waals surface area contributed by atoms with E-state index in [0.717, 1.165) is 5.69 Å². The van der Waals surface area contributed by atoms with Crippen molar-refractivity contribution in [2.45, 2.75) is 19.4 Å². The van der Waals surface area contributed by atoms with Gasteiger partial charge in [-0.15, -0.1) is 0 Å². The zero-order chi connectivity index (χ0) is 14.0. The van der Waals surface area contributed by atoms with Gasteiger partial charge in [-0.1, -0.05) is 12.1 Å². The van der Waals surface area contributed by atoms with Crippen LogP contribution in [0.15, 0.2) is 24.3 Å². The van der Waals surface area contributed by atoms with E-state index in [9.17, 15) is 9.59 Å². The van der Waals surface area contributed by atoms with E-state index in [4.69, 9.17) is 9.84 Å². The number of benzene rings is 1. The van der Waals surface area contributed by atoms with Crippen LogP contribution in [0.1, 0.15) is 23.7 Å². The molecule has 1 aliphatic rings. The van der Waals surface area contributed by atoms with Gasteiger partial charge in [0.25, 0.3) is 0 Å². The van der Waals surface area contributed by atoms with Crippen molar-refractivity contribution < 1.29 is 19.4 Å². The number of carbonyl (C=O) groups excluding carboxylic acids is 1. The fourth-order valence-corrected chi connectivity index (χ4v) is 2.62. The van der Waals surface area contributed by atoms with Crippen LogP contribution in [0, 0.1) is 5.92 Å². The Kier molecular flexibility index (Phi) is 3.74. The third-order valence-electron chi connectivity index (χ3n) is 3.69. The molecule has 0 aliphatic carbocycles. The molecule has 1 aromatic rings. The molecule has 1 aliphatic heterocycles. The lowest BCUT2D eigenvalue weighted by Gasteiger charge is -2.27. The molecule has 2 rings (SSSR count). The summed E-state index contributed by atoms with van der Waals surface area (Å²) in [5.41, 5.74) is 1.22. The molecule has 0 saturated carbocycles. The summed E-state index contributed by atoms with van der Waals surface area (Å²) in [6.07, 6.45) is 0.589. The lowest BCUT2D eigenvalue weighted by atomic mass is 10.0. The number of carboxylic acids is 1. The number of para-hydroxylation sites is 1. The highest BCUT2D eigenvalue weighted by Gasteiger charge is 2.36. The molecule has 1 fully saturated rings. The van der Waals surface area contributed by atoms with E-state index in [-0.39, 0.29) is 6.04 Å². The van der Waals surface area contributed by atoms with Gasteiger partial charge in [0, 0.05) is 12.6 Å². The first kappa shape index (κ1) is 13.4. The molecule has 0 radical (unpaired) electrons. The van der Waals surface area contributed by atoms with Crippen molar-refractivity contribution in [3.05, 3.63) is 29.8 Å². The quantitative estimate of drug-likeness (QED) is 0.842. The molecule has 0 bridgehead atoms. The Balaban J connectivity index is 2.33. The average Bonchev–Trinajstić information content (AvgIpc) is 2.79. The van der Waals surface area contributed by atoms with Crippen molar-refractivity contribution in [2.75, 3.05) is 18.6 Å². The molecule has 1 N–H and O–H groups in total. The molecule has 0 spiro atoms. The predicted octanol–water partition coefficient (Wildman–Crippen LogP) is 1.77. The maximum Gasteiger partial charge on any atom is 0.339 e. The Labute approximate surface area is 111 Å². The number of ether oxygens (including phenoxy) is 1. The van der Waals surface area contributed by atoms with Gasteiger partial charge in [-0.3, -0.25) is 4.79 Å². The second-order valence-electron chi connectivity index (χ2n) is 4.68. The van der Waals surface area contributed by atoms with Crippen LogP contribution in [0.4, 0.5) is 5.69 Å². The molecular weight excluding hydrogens is 246 g/mol. The van der Waals surface area contributed by atoms with E-state index in [2.05, 4.69) is 0 Å². The summed E-state index contributed by atoms with van der Waals surface area (Å²) < 4.78 is 4.76. The Morgan fingerprint density at radius 2 is 2.05 bits per heavy atom.